The minimum absolute atomic E-state index is 0.182. The van der Waals surface area contributed by atoms with E-state index in [1.807, 2.05) is 42.7 Å². The van der Waals surface area contributed by atoms with Crippen LogP contribution in [0.15, 0.2) is 47.3 Å². The van der Waals surface area contributed by atoms with Crippen molar-refractivity contribution in [3.8, 4) is 0 Å². The molecule has 0 saturated heterocycles. The Labute approximate surface area is 177 Å². The van der Waals surface area contributed by atoms with Crippen LogP contribution in [0.3, 0.4) is 0 Å². The number of aromatic nitrogens is 2. The van der Waals surface area contributed by atoms with Crippen LogP contribution >= 0.6 is 23.5 Å². The van der Waals surface area contributed by atoms with E-state index < -0.39 is 13.0 Å². The van der Waals surface area contributed by atoms with Gasteiger partial charge < -0.3 is 21.4 Å². The van der Waals surface area contributed by atoms with Crippen molar-refractivity contribution in [3.63, 3.8) is 0 Å². The van der Waals surface area contributed by atoms with E-state index in [9.17, 15) is 8.78 Å². The van der Waals surface area contributed by atoms with Gasteiger partial charge in [0.1, 0.15) is 5.02 Å². The van der Waals surface area contributed by atoms with Crippen LogP contribution < -0.4 is 16.0 Å². The quantitative estimate of drug-likeness (QED) is 0.309. The number of hydrogen-bond donors (Lipinski definition) is 4. The van der Waals surface area contributed by atoms with Crippen molar-refractivity contribution in [2.24, 2.45) is 0 Å². The van der Waals surface area contributed by atoms with Crippen molar-refractivity contribution in [2.75, 3.05) is 31.3 Å². The first kappa shape index (κ1) is 22.9. The van der Waals surface area contributed by atoms with Gasteiger partial charge >= 0.3 is 0 Å². The van der Waals surface area contributed by atoms with Crippen LogP contribution in [0.1, 0.15) is 5.56 Å². The van der Waals surface area contributed by atoms with Gasteiger partial charge in [-0.05, 0) is 37.7 Å². The zero-order valence-corrected chi connectivity index (χ0v) is 17.5. The maximum absolute atomic E-state index is 12.2. The molecular weight excluding hydrogens is 420 g/mol. The van der Waals surface area contributed by atoms with E-state index >= 15 is 0 Å². The second kappa shape index (κ2) is 11.5. The van der Waals surface area contributed by atoms with E-state index in [1.165, 1.54) is 12.4 Å². The molecule has 0 fully saturated rings. The van der Waals surface area contributed by atoms with Gasteiger partial charge in [0.2, 0.25) is 5.95 Å². The molecule has 11 heteroatoms. The molecule has 0 aliphatic heterocycles. The SMILES string of the molecule is CN(C)Sc1ccccc1CNc1nc(N/C(C=N)=C/NCC(F)F)ncc1Cl. The fraction of sp³-hybridized carbons (Fsp3) is 0.278. The van der Waals surface area contributed by atoms with Gasteiger partial charge in [-0.1, -0.05) is 29.8 Å². The molecule has 2 aromatic rings. The summed E-state index contributed by atoms with van der Waals surface area (Å²) in [7, 11) is 3.94. The molecule has 0 unspecified atom stereocenters. The summed E-state index contributed by atoms with van der Waals surface area (Å²) < 4.78 is 26.4. The summed E-state index contributed by atoms with van der Waals surface area (Å²) in [4.78, 5) is 9.47. The summed E-state index contributed by atoms with van der Waals surface area (Å²) in [6, 6.07) is 7.97. The van der Waals surface area contributed by atoms with Crippen LogP contribution in [0.25, 0.3) is 0 Å². The Morgan fingerprint density at radius 2 is 2.10 bits per heavy atom. The second-order valence-corrected chi connectivity index (χ2v) is 7.68. The van der Waals surface area contributed by atoms with Crippen LogP contribution in [0.4, 0.5) is 20.5 Å². The van der Waals surface area contributed by atoms with E-state index in [2.05, 4.69) is 25.9 Å². The zero-order valence-electron chi connectivity index (χ0n) is 15.9. The Balaban J connectivity index is 2.08. The average Bonchev–Trinajstić information content (AvgIpc) is 2.67. The van der Waals surface area contributed by atoms with Gasteiger partial charge in [0, 0.05) is 23.9 Å². The molecule has 0 saturated carbocycles. The van der Waals surface area contributed by atoms with Gasteiger partial charge in [-0.25, -0.2) is 13.8 Å². The molecule has 1 aromatic carbocycles. The Morgan fingerprint density at radius 3 is 2.79 bits per heavy atom. The lowest BCUT2D eigenvalue weighted by Gasteiger charge is -2.14. The number of nitrogens with zero attached hydrogens (tertiary/aromatic N) is 3. The molecule has 7 nitrogen and oxygen atoms in total. The van der Waals surface area contributed by atoms with E-state index in [-0.39, 0.29) is 11.6 Å². The van der Waals surface area contributed by atoms with Gasteiger partial charge in [-0.3, -0.25) is 4.31 Å². The van der Waals surface area contributed by atoms with Gasteiger partial charge in [-0.15, -0.1) is 0 Å². The van der Waals surface area contributed by atoms with Gasteiger partial charge in [0.15, 0.2) is 5.82 Å². The topological polar surface area (TPSA) is 89.0 Å². The minimum Gasteiger partial charge on any atom is -0.383 e. The van der Waals surface area contributed by atoms with Crippen LogP contribution in [0, 0.1) is 5.41 Å². The molecule has 0 radical (unpaired) electrons. The molecule has 1 heterocycles. The summed E-state index contributed by atoms with van der Waals surface area (Å²) in [5, 5.41) is 16.1. The van der Waals surface area contributed by atoms with Crippen LogP contribution in [-0.4, -0.2) is 47.6 Å². The summed E-state index contributed by atoms with van der Waals surface area (Å²) in [6.45, 7) is -0.0198. The van der Waals surface area contributed by atoms with Gasteiger partial charge in [0.05, 0.1) is 18.4 Å². The predicted octanol–water partition coefficient (Wildman–Crippen LogP) is 4.07. The molecule has 0 bridgehead atoms. The molecular formula is C18H22ClF2N7S. The van der Waals surface area contributed by atoms with Crippen LogP contribution in [0.2, 0.25) is 5.02 Å². The molecule has 4 N–H and O–H groups in total. The Kier molecular flexibility index (Phi) is 9.10. The van der Waals surface area contributed by atoms with Crippen molar-refractivity contribution in [3.05, 3.63) is 52.9 Å². The summed E-state index contributed by atoms with van der Waals surface area (Å²) >= 11 is 7.80. The second-order valence-electron chi connectivity index (χ2n) is 5.92. The molecule has 0 aliphatic rings. The monoisotopic (exact) mass is 441 g/mol. The van der Waals surface area contributed by atoms with Crippen molar-refractivity contribution in [1.29, 1.82) is 5.41 Å². The standard InChI is InChI=1S/C18H22ClF2N7S/c1-28(2)29-15-6-4-3-5-12(15)8-24-17-14(19)10-25-18(27-17)26-13(7-22)9-23-11-16(20)21/h3-7,9-10,16,22-23H,8,11H2,1-2H3,(H2,24,25,26,27)/b13-9+,22-7?. The molecule has 0 atom stereocenters. The third kappa shape index (κ3) is 7.84. The van der Waals surface area contributed by atoms with E-state index in [0.29, 0.717) is 17.4 Å². The summed E-state index contributed by atoms with van der Waals surface area (Å²) in [5.74, 6) is 0.597. The van der Waals surface area contributed by atoms with Crippen LogP contribution in [0.5, 0.6) is 0 Å². The maximum atomic E-state index is 12.2. The third-order valence-corrected chi connectivity index (χ3v) is 4.62. The van der Waals surface area contributed by atoms with Gasteiger partial charge in [0.25, 0.3) is 6.43 Å². The van der Waals surface area contributed by atoms with E-state index in [0.717, 1.165) is 16.7 Å². The number of alkyl halides is 2. The van der Waals surface area contributed by atoms with E-state index in [4.69, 9.17) is 17.0 Å². The fourth-order valence-corrected chi connectivity index (χ4v) is 3.11. The lowest BCUT2D eigenvalue weighted by molar-refractivity contribution is 0.150. The molecule has 29 heavy (non-hydrogen) atoms. The average molecular weight is 442 g/mol. The molecule has 2 rings (SSSR count). The summed E-state index contributed by atoms with van der Waals surface area (Å²) in [5.41, 5.74) is 1.30. The minimum atomic E-state index is -2.49. The van der Waals surface area contributed by atoms with Gasteiger partial charge in [-0.2, -0.15) is 4.98 Å². The Hall–Kier alpha value is -2.43. The molecule has 0 amide bonds. The van der Waals surface area contributed by atoms with Crippen molar-refractivity contribution in [2.45, 2.75) is 17.9 Å². The van der Waals surface area contributed by atoms with Crippen LogP contribution in [-0.2, 0) is 6.54 Å². The normalized spacial score (nSPS) is 11.6. The number of anilines is 2. The molecule has 156 valence electrons. The fourth-order valence-electron chi connectivity index (χ4n) is 2.17. The smallest absolute Gasteiger partial charge is 0.255 e. The van der Waals surface area contributed by atoms with E-state index in [1.54, 1.807) is 11.9 Å². The number of hydrogen-bond acceptors (Lipinski definition) is 8. The van der Waals surface area contributed by atoms with Crippen molar-refractivity contribution < 1.29 is 8.78 Å². The number of rotatable bonds is 11. The third-order valence-electron chi connectivity index (χ3n) is 3.39. The van der Waals surface area contributed by atoms with Crippen molar-refractivity contribution >= 4 is 41.5 Å². The number of allylic oxidation sites excluding steroid dienone is 1. The first-order valence-corrected chi connectivity index (χ1v) is 9.73. The highest BCUT2D eigenvalue weighted by atomic mass is 35.5. The first-order valence-electron chi connectivity index (χ1n) is 8.58. The summed E-state index contributed by atoms with van der Waals surface area (Å²) in [6.07, 6.45) is 1.17. The first-order chi connectivity index (χ1) is 13.9. The highest BCUT2D eigenvalue weighted by Gasteiger charge is 2.09. The lowest BCUT2D eigenvalue weighted by atomic mass is 10.2. The molecule has 0 spiro atoms. The Bertz CT molecular complexity index is 849. The molecule has 0 aliphatic carbocycles. The largest absolute Gasteiger partial charge is 0.383 e. The zero-order chi connectivity index (χ0) is 21.2. The predicted molar refractivity (Wildman–Crippen MR) is 115 cm³/mol. The highest BCUT2D eigenvalue weighted by molar-refractivity contribution is 7.97. The number of nitrogens with one attached hydrogen (secondary N) is 4. The number of benzene rings is 1. The number of halogens is 3. The van der Waals surface area contributed by atoms with Crippen molar-refractivity contribution in [1.82, 2.24) is 19.6 Å². The maximum Gasteiger partial charge on any atom is 0.255 e. The lowest BCUT2D eigenvalue weighted by Crippen LogP contribution is -2.18. The Morgan fingerprint density at radius 1 is 1.34 bits per heavy atom. The highest BCUT2D eigenvalue weighted by Crippen LogP contribution is 2.26. The molecule has 1 aromatic heterocycles.